The van der Waals surface area contributed by atoms with Crippen molar-refractivity contribution in [2.24, 2.45) is 5.73 Å². The lowest BCUT2D eigenvalue weighted by atomic mass is 10.1. The fraction of sp³-hybridized carbons (Fsp3) is 0.500. The molecular formula is C18H29Cl2N3OS. The zero-order chi connectivity index (χ0) is 16.5. The Balaban J connectivity index is 0.00000288. The summed E-state index contributed by atoms with van der Waals surface area (Å²) in [5.41, 5.74) is 8.23. The Morgan fingerprint density at radius 1 is 1.20 bits per heavy atom. The predicted octanol–water partition coefficient (Wildman–Crippen LogP) is 4.09. The molecule has 7 heteroatoms. The van der Waals surface area contributed by atoms with Gasteiger partial charge in [0.25, 0.3) is 0 Å². The van der Waals surface area contributed by atoms with Gasteiger partial charge in [-0.1, -0.05) is 30.3 Å². The summed E-state index contributed by atoms with van der Waals surface area (Å²) in [5.74, 6) is 0. The molecule has 0 saturated heterocycles. The van der Waals surface area contributed by atoms with E-state index in [1.165, 1.54) is 5.56 Å². The Morgan fingerprint density at radius 3 is 2.56 bits per heavy atom. The summed E-state index contributed by atoms with van der Waals surface area (Å²) in [7, 11) is 0. The molecule has 0 aliphatic rings. The Bertz CT molecular complexity index is 568. The van der Waals surface area contributed by atoms with Gasteiger partial charge in [0.2, 0.25) is 0 Å². The smallest absolute Gasteiger partial charge is 0.122 e. The van der Waals surface area contributed by atoms with E-state index in [1.54, 1.807) is 11.3 Å². The van der Waals surface area contributed by atoms with Crippen molar-refractivity contribution in [3.63, 3.8) is 0 Å². The van der Waals surface area contributed by atoms with Gasteiger partial charge in [-0.3, -0.25) is 4.90 Å². The molecule has 0 radical (unpaired) electrons. The van der Waals surface area contributed by atoms with Crippen LogP contribution in [0.25, 0.3) is 0 Å². The van der Waals surface area contributed by atoms with Gasteiger partial charge in [-0.2, -0.15) is 0 Å². The molecule has 2 N–H and O–H groups in total. The number of halogens is 2. The maximum absolute atomic E-state index is 5.77. The zero-order valence-electron chi connectivity index (χ0n) is 14.9. The second-order valence-electron chi connectivity index (χ2n) is 5.58. The highest BCUT2D eigenvalue weighted by Crippen LogP contribution is 2.21. The van der Waals surface area contributed by atoms with E-state index in [4.69, 9.17) is 15.5 Å². The van der Waals surface area contributed by atoms with E-state index in [1.807, 2.05) is 6.92 Å². The molecule has 1 heterocycles. The van der Waals surface area contributed by atoms with Crippen LogP contribution in [0.1, 0.15) is 36.2 Å². The maximum atomic E-state index is 5.77. The van der Waals surface area contributed by atoms with Crippen LogP contribution in [0.3, 0.4) is 0 Å². The van der Waals surface area contributed by atoms with Crippen molar-refractivity contribution in [1.29, 1.82) is 0 Å². The molecule has 1 unspecified atom stereocenters. The minimum Gasteiger partial charge on any atom is -0.372 e. The van der Waals surface area contributed by atoms with Gasteiger partial charge in [0.05, 0.1) is 5.69 Å². The second kappa shape index (κ2) is 13.5. The normalized spacial score (nSPS) is 11.7. The van der Waals surface area contributed by atoms with E-state index < -0.39 is 0 Å². The summed E-state index contributed by atoms with van der Waals surface area (Å²) in [6, 6.07) is 10.6. The summed E-state index contributed by atoms with van der Waals surface area (Å²) < 4.78 is 5.61. The highest BCUT2D eigenvalue weighted by Gasteiger charge is 2.13. The highest BCUT2D eigenvalue weighted by molar-refractivity contribution is 7.09. The number of nitrogens with zero attached hydrogens (tertiary/aromatic N) is 2. The summed E-state index contributed by atoms with van der Waals surface area (Å²) in [6.45, 7) is 8.18. The van der Waals surface area contributed by atoms with Crippen LogP contribution in [0.2, 0.25) is 0 Å². The minimum atomic E-state index is 0. The molecule has 0 bridgehead atoms. The fourth-order valence-corrected chi connectivity index (χ4v) is 3.33. The number of ether oxygens (including phenoxy) is 1. The third-order valence-corrected chi connectivity index (χ3v) is 4.78. The molecule has 0 saturated carbocycles. The third kappa shape index (κ3) is 8.49. The standard InChI is InChI=1S/C18H27N3OS.2ClH/c1-3-22-15(2)18-20-17(14-23-18)13-21(12-10-19)11-9-16-7-5-4-6-8-16;;/h4-8,14-15H,3,9-13,19H2,1-2H3;2*1H. The zero-order valence-corrected chi connectivity index (χ0v) is 17.3. The number of aromatic nitrogens is 1. The van der Waals surface area contributed by atoms with Crippen LogP contribution in [0.4, 0.5) is 0 Å². The molecule has 1 aromatic carbocycles. The largest absolute Gasteiger partial charge is 0.372 e. The monoisotopic (exact) mass is 405 g/mol. The molecule has 4 nitrogen and oxygen atoms in total. The van der Waals surface area contributed by atoms with Crippen LogP contribution in [0.15, 0.2) is 35.7 Å². The lowest BCUT2D eigenvalue weighted by Crippen LogP contribution is -2.31. The van der Waals surface area contributed by atoms with E-state index in [2.05, 4.69) is 47.5 Å². The number of rotatable bonds is 10. The van der Waals surface area contributed by atoms with Gasteiger partial charge < -0.3 is 10.5 Å². The summed E-state index contributed by atoms with van der Waals surface area (Å²) in [4.78, 5) is 7.09. The molecule has 2 aromatic rings. The Labute approximate surface area is 167 Å². The van der Waals surface area contributed by atoms with Gasteiger partial charge in [-0.25, -0.2) is 4.98 Å². The number of thiazole rings is 1. The summed E-state index contributed by atoms with van der Waals surface area (Å²) in [6.07, 6.45) is 1.11. The molecule has 1 atom stereocenters. The first-order valence-corrected chi connectivity index (χ1v) is 9.13. The SMILES string of the molecule is CCOC(C)c1nc(CN(CCN)CCc2ccccc2)cs1.Cl.Cl. The molecule has 0 amide bonds. The maximum Gasteiger partial charge on any atom is 0.122 e. The van der Waals surface area contributed by atoms with Crippen molar-refractivity contribution in [2.45, 2.75) is 32.9 Å². The first-order chi connectivity index (χ1) is 11.2. The van der Waals surface area contributed by atoms with Gasteiger partial charge in [0, 0.05) is 38.2 Å². The Kier molecular flexibility index (Phi) is 13.1. The van der Waals surface area contributed by atoms with Crippen molar-refractivity contribution in [3.05, 3.63) is 52.0 Å². The van der Waals surface area contributed by atoms with Crippen LogP contribution >= 0.6 is 36.2 Å². The van der Waals surface area contributed by atoms with Crippen LogP contribution in [-0.2, 0) is 17.7 Å². The third-order valence-electron chi connectivity index (χ3n) is 3.72. The first-order valence-electron chi connectivity index (χ1n) is 8.25. The average molecular weight is 406 g/mol. The van der Waals surface area contributed by atoms with E-state index in [9.17, 15) is 0 Å². The predicted molar refractivity (Wildman–Crippen MR) is 111 cm³/mol. The van der Waals surface area contributed by atoms with Gasteiger partial charge in [0.15, 0.2) is 0 Å². The highest BCUT2D eigenvalue weighted by atomic mass is 35.5. The van der Waals surface area contributed by atoms with Gasteiger partial charge in [-0.05, 0) is 25.8 Å². The van der Waals surface area contributed by atoms with E-state index in [0.717, 1.165) is 36.8 Å². The number of hydrogen-bond acceptors (Lipinski definition) is 5. The van der Waals surface area contributed by atoms with Gasteiger partial charge >= 0.3 is 0 Å². The Morgan fingerprint density at radius 2 is 1.92 bits per heavy atom. The van der Waals surface area contributed by atoms with Crippen molar-refractivity contribution >= 4 is 36.2 Å². The minimum absolute atomic E-state index is 0. The molecule has 0 aliphatic heterocycles. The lowest BCUT2D eigenvalue weighted by molar-refractivity contribution is 0.0760. The molecule has 0 spiro atoms. The van der Waals surface area contributed by atoms with Gasteiger partial charge in [0.1, 0.15) is 11.1 Å². The van der Waals surface area contributed by atoms with E-state index >= 15 is 0 Å². The van der Waals surface area contributed by atoms with Crippen LogP contribution < -0.4 is 5.73 Å². The van der Waals surface area contributed by atoms with Crippen molar-refractivity contribution in [2.75, 3.05) is 26.2 Å². The lowest BCUT2D eigenvalue weighted by Gasteiger charge is -2.20. The molecule has 2 rings (SSSR count). The average Bonchev–Trinajstić information content (AvgIpc) is 3.03. The molecule has 142 valence electrons. The van der Waals surface area contributed by atoms with Crippen molar-refractivity contribution < 1.29 is 4.74 Å². The summed E-state index contributed by atoms with van der Waals surface area (Å²) >= 11 is 1.68. The molecule has 0 aliphatic carbocycles. The topological polar surface area (TPSA) is 51.4 Å². The molecular weight excluding hydrogens is 377 g/mol. The second-order valence-corrected chi connectivity index (χ2v) is 6.46. The molecule has 0 fully saturated rings. The fourth-order valence-electron chi connectivity index (χ4n) is 2.52. The van der Waals surface area contributed by atoms with Crippen LogP contribution in [0.5, 0.6) is 0 Å². The van der Waals surface area contributed by atoms with E-state index in [0.29, 0.717) is 13.2 Å². The Hall–Kier alpha value is -0.690. The van der Waals surface area contributed by atoms with Crippen molar-refractivity contribution in [1.82, 2.24) is 9.88 Å². The number of hydrogen-bond donors (Lipinski definition) is 1. The van der Waals surface area contributed by atoms with Crippen LogP contribution in [0, 0.1) is 0 Å². The first kappa shape index (κ1) is 24.3. The molecule has 1 aromatic heterocycles. The van der Waals surface area contributed by atoms with Gasteiger partial charge in [-0.15, -0.1) is 36.2 Å². The van der Waals surface area contributed by atoms with E-state index in [-0.39, 0.29) is 30.9 Å². The summed E-state index contributed by atoms with van der Waals surface area (Å²) in [5, 5.41) is 3.19. The number of nitrogens with two attached hydrogens (primary N) is 1. The quantitative estimate of drug-likeness (QED) is 0.646. The molecule has 25 heavy (non-hydrogen) atoms. The van der Waals surface area contributed by atoms with Crippen molar-refractivity contribution in [3.8, 4) is 0 Å². The van der Waals surface area contributed by atoms with Crippen LogP contribution in [-0.4, -0.2) is 36.1 Å². The number of benzene rings is 1.